The van der Waals surface area contributed by atoms with Gasteiger partial charge in [-0.3, -0.25) is 4.79 Å². The number of hydrogen-bond donors (Lipinski definition) is 0. The van der Waals surface area contributed by atoms with Crippen molar-refractivity contribution in [2.45, 2.75) is 33.8 Å². The lowest BCUT2D eigenvalue weighted by molar-refractivity contribution is -0.104. The Balaban J connectivity index is 2.82. The van der Waals surface area contributed by atoms with Crippen LogP contribution in [0.4, 0.5) is 0 Å². The monoisotopic (exact) mass is 324 g/mol. The van der Waals surface area contributed by atoms with E-state index in [-0.39, 0.29) is 6.10 Å². The van der Waals surface area contributed by atoms with Gasteiger partial charge in [0.15, 0.2) is 0 Å². The highest BCUT2D eigenvalue weighted by Crippen LogP contribution is 2.22. The SMILES string of the molecule is C/C(C=O)=C(/C)[Si](OC(C)C)(c1ccccc1)c1ccccc1. The van der Waals surface area contributed by atoms with Crippen LogP contribution in [0.1, 0.15) is 27.7 Å². The van der Waals surface area contributed by atoms with Gasteiger partial charge < -0.3 is 4.43 Å². The standard InChI is InChI=1S/C20H24O2Si/c1-16(2)22-23(18(4)17(3)15-21,19-11-7-5-8-12-19)20-13-9-6-10-14-20/h5-16H,1-4H3/b18-17+. The molecule has 2 aromatic carbocycles. The summed E-state index contributed by atoms with van der Waals surface area (Å²) in [6.45, 7) is 8.02. The van der Waals surface area contributed by atoms with E-state index in [1.807, 2.05) is 50.2 Å². The number of rotatable bonds is 6. The summed E-state index contributed by atoms with van der Waals surface area (Å²) in [5, 5.41) is 3.39. The molecule has 0 radical (unpaired) electrons. The van der Waals surface area contributed by atoms with Crippen LogP contribution in [-0.2, 0) is 9.22 Å². The quantitative estimate of drug-likeness (QED) is 0.463. The molecular weight excluding hydrogens is 300 g/mol. The van der Waals surface area contributed by atoms with E-state index in [1.165, 1.54) is 10.4 Å². The van der Waals surface area contributed by atoms with E-state index in [2.05, 4.69) is 38.1 Å². The smallest absolute Gasteiger partial charge is 0.284 e. The van der Waals surface area contributed by atoms with Crippen LogP contribution in [0, 0.1) is 0 Å². The maximum atomic E-state index is 11.5. The van der Waals surface area contributed by atoms with Crippen LogP contribution in [0.2, 0.25) is 0 Å². The van der Waals surface area contributed by atoms with Gasteiger partial charge in [0.1, 0.15) is 6.29 Å². The van der Waals surface area contributed by atoms with Crippen LogP contribution >= 0.6 is 0 Å². The Kier molecular flexibility index (Phi) is 5.69. The maximum Gasteiger partial charge on any atom is 0.284 e. The van der Waals surface area contributed by atoms with Crippen molar-refractivity contribution < 1.29 is 9.22 Å². The van der Waals surface area contributed by atoms with Gasteiger partial charge in [-0.05, 0) is 48.8 Å². The van der Waals surface area contributed by atoms with Crippen LogP contribution < -0.4 is 10.4 Å². The van der Waals surface area contributed by atoms with Crippen molar-refractivity contribution in [1.82, 2.24) is 0 Å². The zero-order valence-corrected chi connectivity index (χ0v) is 15.2. The first-order chi connectivity index (χ1) is 11.0. The number of carbonyl (C=O) groups excluding carboxylic acids is 1. The van der Waals surface area contributed by atoms with Gasteiger partial charge in [0.05, 0.1) is 0 Å². The zero-order valence-electron chi connectivity index (χ0n) is 14.2. The Morgan fingerprint density at radius 3 is 1.70 bits per heavy atom. The van der Waals surface area contributed by atoms with Gasteiger partial charge >= 0.3 is 0 Å². The van der Waals surface area contributed by atoms with Crippen molar-refractivity contribution in [1.29, 1.82) is 0 Å². The summed E-state index contributed by atoms with van der Waals surface area (Å²) in [7, 11) is -2.65. The summed E-state index contributed by atoms with van der Waals surface area (Å²) in [6, 6.07) is 20.6. The van der Waals surface area contributed by atoms with Gasteiger partial charge in [-0.25, -0.2) is 0 Å². The molecule has 0 fully saturated rings. The highest BCUT2D eigenvalue weighted by molar-refractivity contribution is 7.03. The normalized spacial score (nSPS) is 12.9. The van der Waals surface area contributed by atoms with Gasteiger partial charge in [0.2, 0.25) is 0 Å². The van der Waals surface area contributed by atoms with Crippen molar-refractivity contribution in [2.75, 3.05) is 0 Å². The van der Waals surface area contributed by atoms with Crippen molar-refractivity contribution >= 4 is 25.0 Å². The summed E-state index contributed by atoms with van der Waals surface area (Å²) in [5.41, 5.74) is 0.755. The highest BCUT2D eigenvalue weighted by atomic mass is 28.4. The lowest BCUT2D eigenvalue weighted by Crippen LogP contribution is -2.63. The summed E-state index contributed by atoms with van der Waals surface area (Å²) in [4.78, 5) is 11.5. The first-order valence-electron chi connectivity index (χ1n) is 7.94. The molecule has 0 amide bonds. The van der Waals surface area contributed by atoms with E-state index in [0.29, 0.717) is 0 Å². The molecule has 0 unspecified atom stereocenters. The van der Waals surface area contributed by atoms with Crippen LogP contribution in [0.5, 0.6) is 0 Å². The second kappa shape index (κ2) is 7.53. The molecule has 0 aromatic heterocycles. The van der Waals surface area contributed by atoms with Crippen LogP contribution in [-0.4, -0.2) is 20.7 Å². The number of aldehydes is 1. The minimum absolute atomic E-state index is 0.0662. The second-order valence-electron chi connectivity index (χ2n) is 6.01. The van der Waals surface area contributed by atoms with Gasteiger partial charge in [0, 0.05) is 6.10 Å². The van der Waals surface area contributed by atoms with Crippen molar-refractivity contribution in [2.24, 2.45) is 0 Å². The minimum atomic E-state index is -2.65. The molecule has 0 saturated carbocycles. The second-order valence-corrected chi connectivity index (χ2v) is 9.51. The number of carbonyl (C=O) groups is 1. The molecular formula is C20H24O2Si. The molecule has 0 N–H and O–H groups in total. The number of allylic oxidation sites excluding steroid dienone is 2. The average molecular weight is 324 g/mol. The van der Waals surface area contributed by atoms with Crippen LogP contribution in [0.15, 0.2) is 71.4 Å². The van der Waals surface area contributed by atoms with E-state index >= 15 is 0 Å². The first-order valence-corrected chi connectivity index (χ1v) is 9.85. The third kappa shape index (κ3) is 3.52. The van der Waals surface area contributed by atoms with Crippen molar-refractivity contribution in [3.63, 3.8) is 0 Å². The molecule has 0 aliphatic carbocycles. The first kappa shape index (κ1) is 17.4. The third-order valence-electron chi connectivity index (χ3n) is 4.07. The van der Waals surface area contributed by atoms with Gasteiger partial charge in [-0.1, -0.05) is 60.7 Å². The Hall–Kier alpha value is -1.97. The van der Waals surface area contributed by atoms with Crippen LogP contribution in [0.3, 0.4) is 0 Å². The predicted molar refractivity (Wildman–Crippen MR) is 98.6 cm³/mol. The molecule has 23 heavy (non-hydrogen) atoms. The zero-order chi connectivity index (χ0) is 16.9. The molecule has 0 aliphatic rings. The summed E-state index contributed by atoms with van der Waals surface area (Å²) >= 11 is 0. The molecule has 2 rings (SSSR count). The number of hydrogen-bond acceptors (Lipinski definition) is 2. The summed E-state index contributed by atoms with van der Waals surface area (Å²) in [6.07, 6.45) is 1.00. The Morgan fingerprint density at radius 1 is 0.913 bits per heavy atom. The molecule has 0 spiro atoms. The van der Waals surface area contributed by atoms with Gasteiger partial charge in [-0.2, -0.15) is 0 Å². The maximum absolute atomic E-state index is 11.5. The van der Waals surface area contributed by atoms with Crippen LogP contribution in [0.25, 0.3) is 0 Å². The lowest BCUT2D eigenvalue weighted by Gasteiger charge is -2.36. The van der Waals surface area contributed by atoms with E-state index < -0.39 is 8.32 Å². The van der Waals surface area contributed by atoms with E-state index in [0.717, 1.165) is 17.1 Å². The van der Waals surface area contributed by atoms with Crippen molar-refractivity contribution in [3.8, 4) is 0 Å². The molecule has 0 atom stereocenters. The molecule has 120 valence electrons. The summed E-state index contributed by atoms with van der Waals surface area (Å²) in [5.74, 6) is 0. The lowest BCUT2D eigenvalue weighted by atomic mass is 10.3. The largest absolute Gasteiger partial charge is 0.402 e. The van der Waals surface area contributed by atoms with Gasteiger partial charge in [0.25, 0.3) is 8.32 Å². The molecule has 0 saturated heterocycles. The Morgan fingerprint density at radius 2 is 1.35 bits per heavy atom. The van der Waals surface area contributed by atoms with Gasteiger partial charge in [-0.15, -0.1) is 0 Å². The predicted octanol–water partition coefficient (Wildman–Crippen LogP) is 3.25. The summed E-state index contributed by atoms with van der Waals surface area (Å²) < 4.78 is 6.62. The molecule has 3 heteroatoms. The fraction of sp³-hybridized carbons (Fsp3) is 0.250. The highest BCUT2D eigenvalue weighted by Gasteiger charge is 2.43. The molecule has 0 heterocycles. The molecule has 2 nitrogen and oxygen atoms in total. The Bertz CT molecular complexity index is 636. The minimum Gasteiger partial charge on any atom is -0.402 e. The topological polar surface area (TPSA) is 26.3 Å². The van der Waals surface area contributed by atoms with Crippen molar-refractivity contribution in [3.05, 3.63) is 71.4 Å². The Labute approximate surface area is 139 Å². The third-order valence-corrected chi connectivity index (χ3v) is 8.64. The molecule has 0 bridgehead atoms. The van der Waals surface area contributed by atoms with E-state index in [9.17, 15) is 4.79 Å². The average Bonchev–Trinajstić information content (AvgIpc) is 2.59. The molecule has 0 aliphatic heterocycles. The van der Waals surface area contributed by atoms with E-state index in [4.69, 9.17) is 4.43 Å². The fourth-order valence-electron chi connectivity index (χ4n) is 2.89. The number of benzene rings is 2. The molecule has 2 aromatic rings. The van der Waals surface area contributed by atoms with E-state index in [1.54, 1.807) is 0 Å². The fourth-order valence-corrected chi connectivity index (χ4v) is 7.18.